The van der Waals surface area contributed by atoms with Gasteiger partial charge in [-0.05, 0) is 11.8 Å². The minimum atomic E-state index is -0.262. The topological polar surface area (TPSA) is 46.6 Å². The Kier molecular flexibility index (Phi) is 1.98. The van der Waals surface area contributed by atoms with Crippen molar-refractivity contribution in [2.24, 2.45) is 11.8 Å². The summed E-state index contributed by atoms with van der Waals surface area (Å²) in [4.78, 5) is 23.9. The van der Waals surface area contributed by atoms with Crippen molar-refractivity contribution in [2.45, 2.75) is 12.8 Å². The molecule has 1 amide bonds. The highest BCUT2D eigenvalue weighted by molar-refractivity contribution is 5.82. The van der Waals surface area contributed by atoms with Crippen LogP contribution in [0.3, 0.4) is 0 Å². The van der Waals surface area contributed by atoms with Crippen LogP contribution in [0.25, 0.3) is 0 Å². The molecule has 2 atom stereocenters. The van der Waals surface area contributed by atoms with Crippen molar-refractivity contribution in [2.75, 3.05) is 20.2 Å². The Balaban J connectivity index is 1.97. The maximum Gasteiger partial charge on any atom is 0.409 e. The van der Waals surface area contributed by atoms with Gasteiger partial charge in [0.15, 0.2) is 0 Å². The van der Waals surface area contributed by atoms with Crippen molar-refractivity contribution in [3.8, 4) is 0 Å². The lowest BCUT2D eigenvalue weighted by Crippen LogP contribution is -2.29. The summed E-state index contributed by atoms with van der Waals surface area (Å²) in [6.45, 7) is 1.40. The number of ether oxygens (including phenoxy) is 1. The number of Topliss-reactive ketones (excluding diaryl/α,β-unsaturated/α-hetero) is 1. The van der Waals surface area contributed by atoms with E-state index in [0.717, 1.165) is 0 Å². The van der Waals surface area contributed by atoms with Gasteiger partial charge in [-0.2, -0.15) is 0 Å². The highest BCUT2D eigenvalue weighted by atomic mass is 16.5. The zero-order valence-electron chi connectivity index (χ0n) is 7.66. The number of likely N-dealkylation sites (tertiary alicyclic amines) is 1. The van der Waals surface area contributed by atoms with Gasteiger partial charge in [-0.3, -0.25) is 4.79 Å². The summed E-state index contributed by atoms with van der Waals surface area (Å²) in [7, 11) is 1.39. The Hall–Kier alpha value is -1.06. The first kappa shape index (κ1) is 8.53. The largest absolute Gasteiger partial charge is 0.453 e. The highest BCUT2D eigenvalue weighted by Gasteiger charge is 2.41. The van der Waals surface area contributed by atoms with Crippen LogP contribution in [0.2, 0.25) is 0 Å². The van der Waals surface area contributed by atoms with Crippen LogP contribution in [0.15, 0.2) is 0 Å². The normalized spacial score (nSPS) is 32.1. The second-order valence-electron chi connectivity index (χ2n) is 3.84. The second-order valence-corrected chi connectivity index (χ2v) is 3.84. The molecule has 0 radical (unpaired) electrons. The Labute approximate surface area is 76.8 Å². The number of hydrogen-bond donors (Lipinski definition) is 0. The van der Waals surface area contributed by atoms with E-state index in [1.54, 1.807) is 4.90 Å². The van der Waals surface area contributed by atoms with Gasteiger partial charge in [0.1, 0.15) is 5.78 Å². The molecule has 0 aromatic heterocycles. The minimum absolute atomic E-state index is 0.262. The third-order valence-electron chi connectivity index (χ3n) is 2.99. The first-order valence-corrected chi connectivity index (χ1v) is 4.55. The number of carbonyl (C=O) groups is 2. The molecule has 4 heteroatoms. The minimum Gasteiger partial charge on any atom is -0.453 e. The summed E-state index contributed by atoms with van der Waals surface area (Å²) in [5.41, 5.74) is 0. The van der Waals surface area contributed by atoms with Gasteiger partial charge in [-0.25, -0.2) is 4.79 Å². The molecule has 72 valence electrons. The van der Waals surface area contributed by atoms with Crippen LogP contribution in [-0.2, 0) is 9.53 Å². The molecule has 1 aliphatic carbocycles. The van der Waals surface area contributed by atoms with Gasteiger partial charge >= 0.3 is 6.09 Å². The molecule has 2 rings (SSSR count). The molecule has 2 aliphatic rings. The van der Waals surface area contributed by atoms with Crippen LogP contribution in [0.5, 0.6) is 0 Å². The van der Waals surface area contributed by atoms with E-state index in [9.17, 15) is 9.59 Å². The first-order chi connectivity index (χ1) is 6.20. The van der Waals surface area contributed by atoms with Crippen molar-refractivity contribution >= 4 is 11.9 Å². The molecule has 4 nitrogen and oxygen atoms in total. The van der Waals surface area contributed by atoms with E-state index >= 15 is 0 Å². The van der Waals surface area contributed by atoms with Gasteiger partial charge in [0.05, 0.1) is 7.11 Å². The molecule has 2 fully saturated rings. The van der Waals surface area contributed by atoms with Crippen molar-refractivity contribution in [3.05, 3.63) is 0 Å². The van der Waals surface area contributed by atoms with Gasteiger partial charge in [0.25, 0.3) is 0 Å². The van der Waals surface area contributed by atoms with Crippen molar-refractivity contribution in [3.63, 3.8) is 0 Å². The van der Waals surface area contributed by atoms with Crippen LogP contribution in [-0.4, -0.2) is 37.0 Å². The molecule has 1 saturated heterocycles. The molecule has 1 heterocycles. The maximum absolute atomic E-state index is 11.1. The van der Waals surface area contributed by atoms with E-state index in [4.69, 9.17) is 0 Å². The summed E-state index contributed by atoms with van der Waals surface area (Å²) in [6, 6.07) is 0. The van der Waals surface area contributed by atoms with Crippen LogP contribution in [0.4, 0.5) is 4.79 Å². The third kappa shape index (κ3) is 1.41. The second kappa shape index (κ2) is 3.01. The molecular weight excluding hydrogens is 170 g/mol. The van der Waals surface area contributed by atoms with Crippen molar-refractivity contribution < 1.29 is 14.3 Å². The number of nitrogens with zero attached hydrogens (tertiary/aromatic N) is 1. The number of methoxy groups -OCH3 is 1. The highest BCUT2D eigenvalue weighted by Crippen LogP contribution is 2.35. The zero-order chi connectivity index (χ0) is 9.42. The molecule has 0 bridgehead atoms. The van der Waals surface area contributed by atoms with Crippen molar-refractivity contribution in [1.82, 2.24) is 4.90 Å². The predicted molar refractivity (Wildman–Crippen MR) is 45.2 cm³/mol. The summed E-state index contributed by atoms with van der Waals surface area (Å²) < 4.78 is 4.63. The van der Waals surface area contributed by atoms with Gasteiger partial charge < -0.3 is 9.64 Å². The van der Waals surface area contributed by atoms with E-state index in [-0.39, 0.29) is 6.09 Å². The standard InChI is InChI=1S/C9H13NO3/c1-13-9(12)10-4-6-2-8(11)3-7(6)5-10/h6-7H,2-5H2,1H3. The molecule has 2 unspecified atom stereocenters. The zero-order valence-corrected chi connectivity index (χ0v) is 7.66. The Bertz CT molecular complexity index is 235. The molecule has 13 heavy (non-hydrogen) atoms. The smallest absolute Gasteiger partial charge is 0.409 e. The van der Waals surface area contributed by atoms with Crippen LogP contribution >= 0.6 is 0 Å². The van der Waals surface area contributed by atoms with Gasteiger partial charge in [0.2, 0.25) is 0 Å². The fraction of sp³-hybridized carbons (Fsp3) is 0.778. The van der Waals surface area contributed by atoms with E-state index < -0.39 is 0 Å². The lowest BCUT2D eigenvalue weighted by Gasteiger charge is -2.14. The van der Waals surface area contributed by atoms with Gasteiger partial charge in [-0.1, -0.05) is 0 Å². The lowest BCUT2D eigenvalue weighted by molar-refractivity contribution is -0.118. The van der Waals surface area contributed by atoms with Gasteiger partial charge in [0, 0.05) is 25.9 Å². The molecule has 0 N–H and O–H groups in total. The average molecular weight is 183 g/mol. The summed E-state index contributed by atoms with van der Waals surface area (Å²) >= 11 is 0. The Morgan fingerprint density at radius 1 is 1.38 bits per heavy atom. The molecule has 0 spiro atoms. The maximum atomic E-state index is 11.1. The number of amides is 1. The summed E-state index contributed by atoms with van der Waals surface area (Å²) in [6.07, 6.45) is 1.04. The van der Waals surface area contributed by atoms with Crippen LogP contribution < -0.4 is 0 Å². The lowest BCUT2D eigenvalue weighted by atomic mass is 10.0. The quantitative estimate of drug-likeness (QED) is 0.554. The number of hydrogen-bond acceptors (Lipinski definition) is 3. The summed E-state index contributed by atoms with van der Waals surface area (Å²) in [5, 5.41) is 0. The Morgan fingerprint density at radius 2 is 1.92 bits per heavy atom. The SMILES string of the molecule is COC(=O)N1CC2CC(=O)CC2C1. The van der Waals surface area contributed by atoms with Gasteiger partial charge in [-0.15, -0.1) is 0 Å². The molecular formula is C9H13NO3. The van der Waals surface area contributed by atoms with E-state index in [1.807, 2.05) is 0 Å². The van der Waals surface area contributed by atoms with E-state index in [2.05, 4.69) is 4.74 Å². The fourth-order valence-corrected chi connectivity index (χ4v) is 2.35. The number of rotatable bonds is 0. The Morgan fingerprint density at radius 3 is 2.38 bits per heavy atom. The van der Waals surface area contributed by atoms with Crippen LogP contribution in [0.1, 0.15) is 12.8 Å². The molecule has 1 aliphatic heterocycles. The average Bonchev–Trinajstić information content (AvgIpc) is 2.59. The van der Waals surface area contributed by atoms with E-state index in [1.165, 1.54) is 7.11 Å². The summed E-state index contributed by atoms with van der Waals surface area (Å²) in [5.74, 6) is 1.14. The number of ketones is 1. The predicted octanol–water partition coefficient (Wildman–Crippen LogP) is 0.664. The molecule has 0 aromatic rings. The molecule has 0 aromatic carbocycles. The third-order valence-corrected chi connectivity index (χ3v) is 2.99. The molecule has 1 saturated carbocycles. The monoisotopic (exact) mass is 183 g/mol. The number of fused-ring (bicyclic) bond motifs is 1. The fourth-order valence-electron chi connectivity index (χ4n) is 2.35. The van der Waals surface area contributed by atoms with Crippen molar-refractivity contribution in [1.29, 1.82) is 0 Å². The first-order valence-electron chi connectivity index (χ1n) is 4.55. The van der Waals surface area contributed by atoms with E-state index in [0.29, 0.717) is 43.6 Å². The van der Waals surface area contributed by atoms with Crippen LogP contribution in [0, 0.1) is 11.8 Å². The number of carbonyl (C=O) groups excluding carboxylic acids is 2.